The number of hydrogen-bond acceptors (Lipinski definition) is 5. The van der Waals surface area contributed by atoms with Gasteiger partial charge in [-0.05, 0) is 165 Å². The largest absolute Gasteiger partial charge is 0.311 e. The number of rotatable bonds is 24. The van der Waals surface area contributed by atoms with Gasteiger partial charge in [-0.25, -0.2) is 0 Å². The minimum Gasteiger partial charge on any atom is -0.311 e. The van der Waals surface area contributed by atoms with E-state index in [-0.39, 0.29) is 27.9 Å². The van der Waals surface area contributed by atoms with E-state index in [1.54, 1.807) is 34.6 Å². The van der Waals surface area contributed by atoms with Gasteiger partial charge in [-0.1, -0.05) is 181 Å². The topological polar surface area (TPSA) is 43.9 Å². The van der Waals surface area contributed by atoms with Crippen molar-refractivity contribution in [2.24, 2.45) is 0 Å². The van der Waals surface area contributed by atoms with Gasteiger partial charge in [0.1, 0.15) is 5.57 Å². The van der Waals surface area contributed by atoms with E-state index >= 15 is 0 Å². The number of nitrogens with zero attached hydrogens (tertiary/aromatic N) is 3. The van der Waals surface area contributed by atoms with Gasteiger partial charge in [0.25, 0.3) is 11.8 Å². The number of carbonyl (C=O) groups excluding carboxylic acids is 2. The highest BCUT2D eigenvalue weighted by atomic mass is 32.1. The Morgan fingerprint density at radius 1 is 0.521 bits per heavy atom. The zero-order valence-electron chi connectivity index (χ0n) is 44.2. The van der Waals surface area contributed by atoms with Crippen LogP contribution in [0, 0.1) is 13.8 Å². The van der Waals surface area contributed by atoms with Gasteiger partial charge in [-0.3, -0.25) is 19.4 Å². The maximum atomic E-state index is 13.0. The molecule has 5 nitrogen and oxygen atoms in total. The van der Waals surface area contributed by atoms with Crippen molar-refractivity contribution in [2.45, 2.75) is 137 Å². The zero-order chi connectivity index (χ0) is 51.3. The number of thiocarbonyl (C=S) groups is 1. The van der Waals surface area contributed by atoms with Crippen molar-refractivity contribution < 1.29 is 9.59 Å². The molecule has 0 bridgehead atoms. The fourth-order valence-electron chi connectivity index (χ4n) is 10.9. The SMILES string of the molecule is CCCCCCCCC1(CCCCCCCC)c2cc(C)ccc2-c2ccc(-c3ccc(N(c4ccc(C)cc4)c4ccc(/C=C/c5ccc(/C=C/C=C6C(=O)N(CC)C(=S)N(CC)C6=O)s5)cc4)cc3)cc21. The van der Waals surface area contributed by atoms with Crippen molar-refractivity contribution in [1.29, 1.82) is 0 Å². The van der Waals surface area contributed by atoms with Gasteiger partial charge in [0.15, 0.2) is 5.11 Å². The first kappa shape index (κ1) is 53.2. The van der Waals surface area contributed by atoms with Crippen molar-refractivity contribution in [1.82, 2.24) is 9.80 Å². The lowest BCUT2D eigenvalue weighted by Gasteiger charge is -2.35. The average Bonchev–Trinajstić information content (AvgIpc) is 3.97. The van der Waals surface area contributed by atoms with Gasteiger partial charge < -0.3 is 4.90 Å². The van der Waals surface area contributed by atoms with E-state index < -0.39 is 0 Å². The Bertz CT molecular complexity index is 2900. The van der Waals surface area contributed by atoms with Gasteiger partial charge >= 0.3 is 0 Å². The Morgan fingerprint density at radius 3 is 1.58 bits per heavy atom. The van der Waals surface area contributed by atoms with Gasteiger partial charge in [-0.15, -0.1) is 11.3 Å². The highest BCUT2D eigenvalue weighted by Crippen LogP contribution is 2.55. The molecule has 8 rings (SSSR count). The van der Waals surface area contributed by atoms with E-state index in [4.69, 9.17) is 12.2 Å². The summed E-state index contributed by atoms with van der Waals surface area (Å²) in [6, 6.07) is 45.5. The molecule has 0 saturated carbocycles. The van der Waals surface area contributed by atoms with Crippen LogP contribution in [0.25, 0.3) is 40.5 Å². The van der Waals surface area contributed by atoms with Crippen LogP contribution in [-0.4, -0.2) is 39.8 Å². The highest BCUT2D eigenvalue weighted by molar-refractivity contribution is 7.80. The summed E-state index contributed by atoms with van der Waals surface area (Å²) in [5.74, 6) is -0.697. The predicted octanol–water partition coefficient (Wildman–Crippen LogP) is 18.4. The van der Waals surface area contributed by atoms with E-state index in [1.807, 2.05) is 19.9 Å². The maximum absolute atomic E-state index is 13.0. The molecule has 5 aromatic carbocycles. The number of unbranched alkanes of at least 4 members (excludes halogenated alkanes) is 10. The van der Waals surface area contributed by atoms with Crippen LogP contribution in [0.1, 0.15) is 155 Å². The summed E-state index contributed by atoms with van der Waals surface area (Å²) in [5.41, 5.74) is 15.7. The van der Waals surface area contributed by atoms with Crippen LogP contribution in [0.3, 0.4) is 0 Å². The number of allylic oxidation sites excluding steroid dienone is 2. The molecule has 7 heteroatoms. The summed E-state index contributed by atoms with van der Waals surface area (Å²) < 4.78 is 0. The van der Waals surface area contributed by atoms with Gasteiger partial charge in [0.2, 0.25) is 0 Å². The van der Waals surface area contributed by atoms with Crippen LogP contribution in [0.5, 0.6) is 0 Å². The van der Waals surface area contributed by atoms with Crippen LogP contribution in [0.15, 0.2) is 139 Å². The second kappa shape index (κ2) is 25.2. The predicted molar refractivity (Wildman–Crippen MR) is 316 cm³/mol. The molecule has 2 aliphatic rings. The van der Waals surface area contributed by atoms with E-state index in [0.717, 1.165) is 32.4 Å². The third-order valence-corrected chi connectivity index (χ3v) is 16.4. The summed E-state index contributed by atoms with van der Waals surface area (Å²) in [4.78, 5) is 33.5. The molecule has 378 valence electrons. The fourth-order valence-corrected chi connectivity index (χ4v) is 12.2. The van der Waals surface area contributed by atoms with Crippen LogP contribution < -0.4 is 4.90 Å². The van der Waals surface area contributed by atoms with Crippen molar-refractivity contribution >= 4 is 75.8 Å². The smallest absolute Gasteiger partial charge is 0.265 e. The first-order chi connectivity index (χ1) is 35.6. The number of benzene rings is 5. The van der Waals surface area contributed by atoms with Gasteiger partial charge in [0, 0.05) is 45.3 Å². The molecule has 0 N–H and O–H groups in total. The highest BCUT2D eigenvalue weighted by Gasteiger charge is 2.42. The van der Waals surface area contributed by atoms with Crippen molar-refractivity contribution in [3.8, 4) is 22.3 Å². The number of likely N-dealkylation sites (N-methyl/N-ethyl adjacent to an activating group) is 2. The fraction of sp³-hybridized carbons (Fsp3) is 0.348. The minimum absolute atomic E-state index is 0.0420. The lowest BCUT2D eigenvalue weighted by Crippen LogP contribution is -2.55. The summed E-state index contributed by atoms with van der Waals surface area (Å²) in [7, 11) is 0. The van der Waals surface area contributed by atoms with Crippen LogP contribution in [0.4, 0.5) is 17.1 Å². The average molecular weight is 1010 g/mol. The van der Waals surface area contributed by atoms with Crippen LogP contribution >= 0.6 is 23.6 Å². The third-order valence-electron chi connectivity index (χ3n) is 15.0. The molecule has 0 atom stereocenters. The molecule has 1 saturated heterocycles. The van der Waals surface area contributed by atoms with Crippen LogP contribution in [0.2, 0.25) is 0 Å². The number of hydrogen-bond donors (Lipinski definition) is 0. The Kier molecular flexibility index (Phi) is 18.3. The molecule has 0 unspecified atom stereocenters. The summed E-state index contributed by atoms with van der Waals surface area (Å²) in [6.07, 6.45) is 27.8. The molecule has 1 aliphatic carbocycles. The Balaban J connectivity index is 1.02. The molecule has 2 heterocycles. The molecular weight excluding hydrogens is 931 g/mol. The normalized spacial score (nSPS) is 14.2. The molecule has 73 heavy (non-hydrogen) atoms. The maximum Gasteiger partial charge on any atom is 0.265 e. The summed E-state index contributed by atoms with van der Waals surface area (Å²) >= 11 is 7.05. The number of amides is 2. The molecule has 6 aromatic rings. The molecule has 1 aromatic heterocycles. The second-order valence-corrected chi connectivity index (χ2v) is 21.6. The summed E-state index contributed by atoms with van der Waals surface area (Å²) in [6.45, 7) is 13.6. The number of thiophene rings is 1. The monoisotopic (exact) mass is 1010 g/mol. The van der Waals surface area contributed by atoms with E-state index in [2.05, 4.69) is 166 Å². The minimum atomic E-state index is -0.349. The number of carbonyl (C=O) groups is 2. The van der Waals surface area contributed by atoms with Crippen LogP contribution in [-0.2, 0) is 15.0 Å². The number of anilines is 3. The van der Waals surface area contributed by atoms with Crippen molar-refractivity contribution in [2.75, 3.05) is 18.0 Å². The van der Waals surface area contributed by atoms with E-state index in [1.165, 1.54) is 133 Å². The zero-order valence-corrected chi connectivity index (χ0v) is 45.9. The van der Waals surface area contributed by atoms with Crippen molar-refractivity contribution in [3.05, 3.63) is 177 Å². The van der Waals surface area contributed by atoms with E-state index in [9.17, 15) is 9.59 Å². The Hall–Kier alpha value is -6.15. The first-order valence-electron chi connectivity index (χ1n) is 27.3. The Labute approximate surface area is 446 Å². The van der Waals surface area contributed by atoms with Gasteiger partial charge in [0.05, 0.1) is 0 Å². The molecule has 1 aliphatic heterocycles. The summed E-state index contributed by atoms with van der Waals surface area (Å²) in [5, 5.41) is 0.269. The molecule has 0 radical (unpaired) electrons. The molecular formula is C66H75N3O2S2. The van der Waals surface area contributed by atoms with Gasteiger partial charge in [-0.2, -0.15) is 0 Å². The lowest BCUT2D eigenvalue weighted by atomic mass is 9.70. The quantitative estimate of drug-likeness (QED) is 0.0262. The second-order valence-electron chi connectivity index (χ2n) is 20.1. The lowest BCUT2D eigenvalue weighted by molar-refractivity contribution is -0.133. The number of fused-ring (bicyclic) bond motifs is 3. The van der Waals surface area contributed by atoms with Crippen molar-refractivity contribution in [3.63, 3.8) is 0 Å². The molecule has 2 amide bonds. The van der Waals surface area contributed by atoms with E-state index in [0.29, 0.717) is 13.1 Å². The first-order valence-corrected chi connectivity index (χ1v) is 28.5. The third kappa shape index (κ3) is 12.3. The standard InChI is InChI=1S/C66H75N3O2S2/c1-7-11-13-15-17-19-44-66(45-20-18-16-14-12-8-2)61-46-49(6)26-42-58(61)59-43-32-52(47-62(59)66)51-30-37-55(38-31-51)69(53-33-24-48(5)25-34-53)54-35-27-50(28-36-54)29-39-57-41-40-56(73-57)22-21-23-60-63(70)67(9-3)65(72)68(10-4)64(60)71/h21-43,46-47H,7-20,44-45H2,1-6H3/b22-21+,39-29+. The Morgan fingerprint density at radius 2 is 1.00 bits per heavy atom. The number of aryl methyl sites for hydroxylation is 2. The molecule has 1 fully saturated rings. The molecule has 0 spiro atoms.